The Hall–Kier alpha value is -5.99. The molecule has 0 aliphatic carbocycles. The van der Waals surface area contributed by atoms with Gasteiger partial charge in [-0.2, -0.15) is 0 Å². The molecule has 2 aliphatic rings. The lowest BCUT2D eigenvalue weighted by Crippen LogP contribution is -2.52. The Morgan fingerprint density at radius 2 is 1.84 bits per heavy atom. The molecule has 0 bridgehead atoms. The largest absolute Gasteiger partial charge is 0.496 e. The number of thioether (sulfide) groups is 1. The number of aryl methyl sites for hydroxylation is 1. The van der Waals surface area contributed by atoms with Crippen molar-refractivity contribution in [2.24, 2.45) is 7.05 Å². The van der Waals surface area contributed by atoms with Gasteiger partial charge in [0, 0.05) is 97.5 Å². The second-order valence-corrected chi connectivity index (χ2v) is 16.9. The van der Waals surface area contributed by atoms with Crippen LogP contribution in [0, 0.1) is 0 Å². The fourth-order valence-corrected chi connectivity index (χ4v) is 9.25. The predicted octanol–water partition coefficient (Wildman–Crippen LogP) is 6.84. The molecule has 0 radical (unpaired) electrons. The first kappa shape index (κ1) is 43.1. The number of nitrogens with zero attached hydrogens (tertiary/aromatic N) is 6. The van der Waals surface area contributed by atoms with Crippen LogP contribution in [0.3, 0.4) is 0 Å². The summed E-state index contributed by atoms with van der Waals surface area (Å²) in [5.74, 6) is 1.17. The fourth-order valence-electron chi connectivity index (χ4n) is 8.16. The molecular weight excluding hydrogens is 789 g/mol. The Kier molecular flexibility index (Phi) is 13.8. The van der Waals surface area contributed by atoms with Crippen molar-refractivity contribution in [3.8, 4) is 17.0 Å². The maximum atomic E-state index is 13.2. The molecule has 4 amide bonds. The Morgan fingerprint density at radius 1 is 1.02 bits per heavy atom. The topological polar surface area (TPSA) is 142 Å². The monoisotopic (exact) mass is 842 g/mol. The van der Waals surface area contributed by atoms with E-state index in [9.17, 15) is 19.2 Å². The summed E-state index contributed by atoms with van der Waals surface area (Å²) in [6.45, 7) is 6.58. The van der Waals surface area contributed by atoms with Crippen LogP contribution in [0.5, 0.6) is 5.75 Å². The second kappa shape index (κ2) is 19.6. The first-order chi connectivity index (χ1) is 29.5. The highest BCUT2D eigenvalue weighted by Gasteiger charge is 2.39. The second-order valence-electron chi connectivity index (χ2n) is 15.8. The third kappa shape index (κ3) is 9.98. The van der Waals surface area contributed by atoms with Crippen molar-refractivity contribution < 1.29 is 23.9 Å². The molecule has 0 saturated carbocycles. The minimum Gasteiger partial charge on any atom is -0.496 e. The van der Waals surface area contributed by atoms with E-state index in [1.807, 2.05) is 56.6 Å². The number of rotatable bonds is 19. The minimum absolute atomic E-state index is 0.138. The smallest absolute Gasteiger partial charge is 0.255 e. The number of para-hydroxylation sites is 1. The van der Waals surface area contributed by atoms with Crippen LogP contribution in [0.25, 0.3) is 22.2 Å². The average molecular weight is 843 g/mol. The molecule has 61 heavy (non-hydrogen) atoms. The summed E-state index contributed by atoms with van der Waals surface area (Å²) in [6.07, 6.45) is 10.5. The van der Waals surface area contributed by atoms with Gasteiger partial charge in [-0.1, -0.05) is 43.7 Å². The Labute approximate surface area is 361 Å². The van der Waals surface area contributed by atoms with Crippen LogP contribution in [0.1, 0.15) is 65.8 Å². The lowest BCUT2D eigenvalue weighted by molar-refractivity contribution is -0.137. The molecule has 2 aromatic heterocycles. The van der Waals surface area contributed by atoms with E-state index in [2.05, 4.69) is 68.0 Å². The van der Waals surface area contributed by atoms with Crippen molar-refractivity contribution >= 4 is 57.7 Å². The molecule has 13 nitrogen and oxygen atoms in total. The van der Waals surface area contributed by atoms with E-state index in [1.54, 1.807) is 30.0 Å². The molecule has 2 N–H and O–H groups in total. The lowest BCUT2D eigenvalue weighted by atomic mass is 10.0. The standard InChI is InChI=1S/C47H54N8O5S/c1-6-44(56)50-37-26-31(27-43-48-21-20-36(49-43)34-29-54(4)38-16-10-9-14-32(34)38)41(60-5)28-40(37)53(3)24-23-52(2)22-11-7-8-12-25-61-42-17-13-15-33-35(42)30-55(47(33)59)39-18-19-45(57)51-46(39)58/h6,9-10,13-17,20-21,26,28-29,39H,1,7-8,11-12,18-19,22-25,27,30H2,2-5H3,(H,50,56)(H,51,57,58). The molecule has 2 aliphatic heterocycles. The number of unbranched alkanes of at least 4 members (excludes halogenated alkanes) is 3. The van der Waals surface area contributed by atoms with Gasteiger partial charge in [-0.25, -0.2) is 9.97 Å². The van der Waals surface area contributed by atoms with Gasteiger partial charge in [0.15, 0.2) is 0 Å². The molecule has 1 saturated heterocycles. The van der Waals surface area contributed by atoms with Crippen molar-refractivity contribution in [3.05, 3.63) is 108 Å². The van der Waals surface area contributed by atoms with Gasteiger partial charge in [0.05, 0.1) is 24.2 Å². The number of hydrogen-bond donors (Lipinski definition) is 2. The van der Waals surface area contributed by atoms with Crippen LogP contribution in [-0.4, -0.2) is 101 Å². The van der Waals surface area contributed by atoms with Gasteiger partial charge in [0.25, 0.3) is 5.91 Å². The van der Waals surface area contributed by atoms with Crippen LogP contribution in [0.15, 0.2) is 90.6 Å². The summed E-state index contributed by atoms with van der Waals surface area (Å²) < 4.78 is 8.01. The van der Waals surface area contributed by atoms with Crippen molar-refractivity contribution in [2.45, 2.75) is 62.4 Å². The van der Waals surface area contributed by atoms with Gasteiger partial charge in [0.1, 0.15) is 17.6 Å². The van der Waals surface area contributed by atoms with E-state index in [1.165, 1.54) is 6.08 Å². The molecule has 318 valence electrons. The molecule has 1 unspecified atom stereocenters. The number of fused-ring (bicyclic) bond motifs is 2. The quantitative estimate of drug-likeness (QED) is 0.0393. The molecule has 7 rings (SSSR count). The highest BCUT2D eigenvalue weighted by molar-refractivity contribution is 7.99. The van der Waals surface area contributed by atoms with Gasteiger partial charge in [-0.05, 0) is 80.6 Å². The number of anilines is 2. The molecule has 1 fully saturated rings. The van der Waals surface area contributed by atoms with Gasteiger partial charge in [-0.15, -0.1) is 11.8 Å². The van der Waals surface area contributed by atoms with E-state index < -0.39 is 6.04 Å². The number of nitrogens with one attached hydrogen (secondary N) is 2. The highest BCUT2D eigenvalue weighted by atomic mass is 32.2. The number of amides is 4. The summed E-state index contributed by atoms with van der Waals surface area (Å²) in [7, 11) is 7.84. The van der Waals surface area contributed by atoms with Crippen molar-refractivity contribution in [3.63, 3.8) is 0 Å². The molecular formula is C47H54N8O5S. The van der Waals surface area contributed by atoms with Crippen molar-refractivity contribution in [1.29, 1.82) is 0 Å². The lowest BCUT2D eigenvalue weighted by Gasteiger charge is -2.29. The number of aromatic nitrogens is 3. The number of carbonyl (C=O) groups is 4. The average Bonchev–Trinajstić information content (AvgIpc) is 3.78. The normalized spacial score (nSPS) is 15.0. The first-order valence-corrected chi connectivity index (χ1v) is 21.8. The summed E-state index contributed by atoms with van der Waals surface area (Å²) in [6, 6.07) is 19.3. The zero-order valence-corrected chi connectivity index (χ0v) is 36.2. The van der Waals surface area contributed by atoms with Crippen LogP contribution < -0.4 is 20.3 Å². The number of imide groups is 1. The van der Waals surface area contributed by atoms with Gasteiger partial charge >= 0.3 is 0 Å². The van der Waals surface area contributed by atoms with Crippen LogP contribution in [0.4, 0.5) is 11.4 Å². The SMILES string of the molecule is C=CC(=O)Nc1cc(Cc2nccc(-c3cn(C)c4ccccc34)n2)c(OC)cc1N(C)CCN(C)CCCCCCSc1cccc2c1CN(C1CCC(=O)NC1=O)C2=O. The number of carbonyl (C=O) groups excluding carboxylic acids is 4. The Bertz CT molecular complexity index is 2450. The molecule has 4 heterocycles. The Balaban J connectivity index is 0.894. The van der Waals surface area contributed by atoms with Crippen molar-refractivity contribution in [1.82, 2.24) is 29.7 Å². The number of piperidine rings is 1. The molecule has 0 spiro atoms. The summed E-state index contributed by atoms with van der Waals surface area (Å²) >= 11 is 1.76. The van der Waals surface area contributed by atoms with Gasteiger partial charge < -0.3 is 29.3 Å². The Morgan fingerprint density at radius 3 is 2.64 bits per heavy atom. The zero-order valence-electron chi connectivity index (χ0n) is 35.4. The predicted molar refractivity (Wildman–Crippen MR) is 241 cm³/mol. The van der Waals surface area contributed by atoms with Crippen molar-refractivity contribution in [2.75, 3.05) is 56.8 Å². The fraction of sp³-hybridized carbons (Fsp3) is 0.362. The number of likely N-dealkylation sites (N-methyl/N-ethyl adjacent to an activating group) is 2. The maximum Gasteiger partial charge on any atom is 0.255 e. The highest BCUT2D eigenvalue weighted by Crippen LogP contribution is 2.37. The number of ether oxygens (including phenoxy) is 1. The van der Waals surface area contributed by atoms with Crippen LogP contribution >= 0.6 is 11.8 Å². The molecule has 1 atom stereocenters. The number of hydrogen-bond acceptors (Lipinski definition) is 10. The van der Waals surface area contributed by atoms with E-state index >= 15 is 0 Å². The molecule has 14 heteroatoms. The van der Waals surface area contributed by atoms with E-state index in [0.717, 1.165) is 94.9 Å². The summed E-state index contributed by atoms with van der Waals surface area (Å²) in [4.78, 5) is 66.6. The van der Waals surface area contributed by atoms with E-state index in [0.29, 0.717) is 42.2 Å². The number of methoxy groups -OCH3 is 1. The zero-order chi connectivity index (χ0) is 43.0. The minimum atomic E-state index is -0.606. The third-order valence-electron chi connectivity index (χ3n) is 11.5. The molecule has 5 aromatic rings. The van der Waals surface area contributed by atoms with E-state index in [4.69, 9.17) is 9.72 Å². The van der Waals surface area contributed by atoms with Crippen LogP contribution in [0.2, 0.25) is 0 Å². The third-order valence-corrected chi connectivity index (χ3v) is 12.7. The summed E-state index contributed by atoms with van der Waals surface area (Å²) in [5.41, 5.74) is 7.00. The van der Waals surface area contributed by atoms with E-state index in [-0.39, 0.29) is 30.0 Å². The molecule has 3 aromatic carbocycles. The maximum absolute atomic E-state index is 13.2. The van der Waals surface area contributed by atoms with Crippen LogP contribution in [-0.2, 0) is 34.4 Å². The summed E-state index contributed by atoms with van der Waals surface area (Å²) in [5, 5.41) is 6.52. The first-order valence-electron chi connectivity index (χ1n) is 20.8. The van der Waals surface area contributed by atoms with Gasteiger partial charge in [-0.3, -0.25) is 24.5 Å². The van der Waals surface area contributed by atoms with Gasteiger partial charge in [0.2, 0.25) is 17.7 Å². The number of benzene rings is 3.